The molecule has 0 unspecified atom stereocenters. The number of halogens is 3. The second kappa shape index (κ2) is 5.36. The topological polar surface area (TPSA) is 30.0 Å². The molecule has 2 rings (SSSR count). The number of carbonyl (C=O) groups is 1. The molecule has 20 heavy (non-hydrogen) atoms. The Hall–Kier alpha value is -1.69. The van der Waals surface area contributed by atoms with Crippen molar-refractivity contribution in [1.29, 1.82) is 0 Å². The van der Waals surface area contributed by atoms with Crippen LogP contribution in [0, 0.1) is 13.8 Å². The maximum Gasteiger partial charge on any atom is 0.416 e. The Morgan fingerprint density at radius 2 is 1.80 bits per heavy atom. The predicted molar refractivity (Wildman–Crippen MR) is 71.1 cm³/mol. The fourth-order valence-electron chi connectivity index (χ4n) is 1.70. The number of aryl methyl sites for hydroxylation is 2. The van der Waals surface area contributed by atoms with Crippen LogP contribution in [0.1, 0.15) is 31.5 Å². The normalized spacial score (nSPS) is 11.7. The Balaban J connectivity index is 2.13. The molecule has 0 saturated heterocycles. The Labute approximate surface area is 118 Å². The minimum absolute atomic E-state index is 0.116. The van der Waals surface area contributed by atoms with Gasteiger partial charge in [-0.15, -0.1) is 11.3 Å². The summed E-state index contributed by atoms with van der Waals surface area (Å²) in [5, 5.41) is 0.685. The SMILES string of the molecule is Cc1nc(CC(=O)c2ccc(C(F)(F)F)cc2)sc1C. The summed E-state index contributed by atoms with van der Waals surface area (Å²) in [7, 11) is 0. The molecule has 1 aromatic carbocycles. The number of Topliss-reactive ketones (excluding diaryl/α,β-unsaturated/α-hetero) is 1. The van der Waals surface area contributed by atoms with E-state index in [-0.39, 0.29) is 17.8 Å². The van der Waals surface area contributed by atoms with Crippen molar-refractivity contribution in [2.75, 3.05) is 0 Å². The summed E-state index contributed by atoms with van der Waals surface area (Å²) < 4.78 is 37.3. The Kier molecular flexibility index (Phi) is 3.94. The maximum atomic E-state index is 12.4. The largest absolute Gasteiger partial charge is 0.416 e. The van der Waals surface area contributed by atoms with Crippen LogP contribution in [0.5, 0.6) is 0 Å². The molecule has 6 heteroatoms. The summed E-state index contributed by atoms with van der Waals surface area (Å²) in [5.74, 6) is -0.229. The number of rotatable bonds is 3. The zero-order chi connectivity index (χ0) is 14.9. The van der Waals surface area contributed by atoms with Crippen LogP contribution in [0.25, 0.3) is 0 Å². The molecule has 1 aromatic heterocycles. The third-order valence-corrected chi connectivity index (χ3v) is 3.99. The maximum absolute atomic E-state index is 12.4. The summed E-state index contributed by atoms with van der Waals surface area (Å²) in [6, 6.07) is 4.26. The average molecular weight is 299 g/mol. The number of benzene rings is 1. The van der Waals surface area contributed by atoms with Crippen LogP contribution in [0.2, 0.25) is 0 Å². The average Bonchev–Trinajstić information content (AvgIpc) is 2.67. The molecule has 1 heterocycles. The predicted octanol–water partition coefficient (Wildman–Crippen LogP) is 4.20. The van der Waals surface area contributed by atoms with Gasteiger partial charge in [0, 0.05) is 10.4 Å². The van der Waals surface area contributed by atoms with Gasteiger partial charge in [0.25, 0.3) is 0 Å². The lowest BCUT2D eigenvalue weighted by Crippen LogP contribution is -2.07. The van der Waals surface area contributed by atoms with E-state index in [4.69, 9.17) is 0 Å². The molecule has 0 spiro atoms. The number of alkyl halides is 3. The van der Waals surface area contributed by atoms with E-state index in [1.54, 1.807) is 0 Å². The summed E-state index contributed by atoms with van der Waals surface area (Å²) in [5.41, 5.74) is 0.392. The first kappa shape index (κ1) is 14.7. The molecule has 0 amide bonds. The standard InChI is InChI=1S/C14H12F3NOS/c1-8-9(2)20-13(18-8)7-12(19)10-3-5-11(6-4-10)14(15,16)17/h3-6H,7H2,1-2H3. The molecule has 0 aliphatic carbocycles. The van der Waals surface area contributed by atoms with Gasteiger partial charge in [-0.25, -0.2) is 4.98 Å². The number of hydrogen-bond acceptors (Lipinski definition) is 3. The lowest BCUT2D eigenvalue weighted by atomic mass is 10.1. The van der Waals surface area contributed by atoms with Crippen molar-refractivity contribution in [1.82, 2.24) is 4.98 Å². The minimum Gasteiger partial charge on any atom is -0.294 e. The van der Waals surface area contributed by atoms with Gasteiger partial charge >= 0.3 is 6.18 Å². The molecule has 0 radical (unpaired) electrons. The quantitative estimate of drug-likeness (QED) is 0.795. The highest BCUT2D eigenvalue weighted by molar-refractivity contribution is 7.11. The van der Waals surface area contributed by atoms with Crippen LogP contribution < -0.4 is 0 Å². The molecule has 0 aliphatic heterocycles. The van der Waals surface area contributed by atoms with Crippen LogP contribution in [0.15, 0.2) is 24.3 Å². The molecule has 0 fully saturated rings. The fraction of sp³-hybridized carbons (Fsp3) is 0.286. The van der Waals surface area contributed by atoms with Crippen molar-refractivity contribution < 1.29 is 18.0 Å². The van der Waals surface area contributed by atoms with Crippen LogP contribution in [-0.4, -0.2) is 10.8 Å². The van der Waals surface area contributed by atoms with Crippen molar-refractivity contribution in [3.8, 4) is 0 Å². The number of carbonyl (C=O) groups excluding carboxylic acids is 1. The van der Waals surface area contributed by atoms with Crippen LogP contribution in [0.3, 0.4) is 0 Å². The number of hydrogen-bond donors (Lipinski definition) is 0. The molecule has 0 aliphatic rings. The van der Waals surface area contributed by atoms with Gasteiger partial charge in [-0.05, 0) is 26.0 Å². The summed E-state index contributed by atoms with van der Waals surface area (Å²) in [6.45, 7) is 3.77. The van der Waals surface area contributed by atoms with E-state index in [0.29, 0.717) is 5.01 Å². The first-order valence-corrected chi connectivity index (χ1v) is 6.72. The van der Waals surface area contributed by atoms with Gasteiger partial charge in [0.05, 0.1) is 17.7 Å². The van der Waals surface area contributed by atoms with E-state index in [0.717, 1.165) is 22.7 Å². The van der Waals surface area contributed by atoms with Gasteiger partial charge in [-0.2, -0.15) is 13.2 Å². The van der Waals surface area contributed by atoms with Gasteiger partial charge in [0.15, 0.2) is 5.78 Å². The highest BCUT2D eigenvalue weighted by Gasteiger charge is 2.30. The number of ketones is 1. The first-order valence-electron chi connectivity index (χ1n) is 5.91. The zero-order valence-corrected chi connectivity index (χ0v) is 11.7. The van der Waals surface area contributed by atoms with Crippen LogP contribution >= 0.6 is 11.3 Å². The van der Waals surface area contributed by atoms with Crippen LogP contribution in [0.4, 0.5) is 13.2 Å². The van der Waals surface area contributed by atoms with E-state index >= 15 is 0 Å². The molecular weight excluding hydrogens is 287 g/mol. The summed E-state index contributed by atoms with van der Waals surface area (Å²) >= 11 is 1.43. The van der Waals surface area contributed by atoms with Gasteiger partial charge < -0.3 is 0 Å². The van der Waals surface area contributed by atoms with Crippen molar-refractivity contribution in [3.63, 3.8) is 0 Å². The third kappa shape index (κ3) is 3.25. The lowest BCUT2D eigenvalue weighted by Gasteiger charge is -2.06. The smallest absolute Gasteiger partial charge is 0.294 e. The van der Waals surface area contributed by atoms with Gasteiger partial charge in [0.1, 0.15) is 5.01 Å². The van der Waals surface area contributed by atoms with Crippen molar-refractivity contribution >= 4 is 17.1 Å². The van der Waals surface area contributed by atoms with E-state index in [1.165, 1.54) is 23.5 Å². The van der Waals surface area contributed by atoms with Crippen molar-refractivity contribution in [2.45, 2.75) is 26.4 Å². The second-order valence-corrected chi connectivity index (χ2v) is 5.71. The molecule has 0 bridgehead atoms. The van der Waals surface area contributed by atoms with Gasteiger partial charge in [0.2, 0.25) is 0 Å². The molecule has 0 atom stereocenters. The molecule has 2 aromatic rings. The Morgan fingerprint density at radius 3 is 2.25 bits per heavy atom. The van der Waals surface area contributed by atoms with E-state index in [1.807, 2.05) is 13.8 Å². The molecule has 106 valence electrons. The third-order valence-electron chi connectivity index (χ3n) is 2.92. The second-order valence-electron chi connectivity index (χ2n) is 4.42. The van der Waals surface area contributed by atoms with Gasteiger partial charge in [-0.3, -0.25) is 4.79 Å². The molecule has 0 saturated carbocycles. The van der Waals surface area contributed by atoms with Gasteiger partial charge in [-0.1, -0.05) is 12.1 Å². The minimum atomic E-state index is -4.38. The first-order chi connectivity index (χ1) is 9.27. The highest BCUT2D eigenvalue weighted by atomic mass is 32.1. The zero-order valence-electron chi connectivity index (χ0n) is 10.9. The van der Waals surface area contributed by atoms with E-state index < -0.39 is 11.7 Å². The summed E-state index contributed by atoms with van der Waals surface area (Å²) in [6.07, 6.45) is -4.27. The Morgan fingerprint density at radius 1 is 1.20 bits per heavy atom. The number of thiazole rings is 1. The fourth-order valence-corrected chi connectivity index (χ4v) is 2.63. The lowest BCUT2D eigenvalue weighted by molar-refractivity contribution is -0.137. The molecule has 2 nitrogen and oxygen atoms in total. The number of aromatic nitrogens is 1. The Bertz CT molecular complexity index is 609. The summed E-state index contributed by atoms with van der Waals surface area (Å²) in [4.78, 5) is 17.3. The molecular formula is C14H12F3NOS. The highest BCUT2D eigenvalue weighted by Crippen LogP contribution is 2.29. The van der Waals surface area contributed by atoms with E-state index in [9.17, 15) is 18.0 Å². The van der Waals surface area contributed by atoms with E-state index in [2.05, 4.69) is 4.98 Å². The molecule has 0 N–H and O–H groups in total. The number of nitrogens with zero attached hydrogens (tertiary/aromatic N) is 1. The monoisotopic (exact) mass is 299 g/mol. The van der Waals surface area contributed by atoms with Crippen molar-refractivity contribution in [3.05, 3.63) is 51.0 Å². The van der Waals surface area contributed by atoms with Crippen molar-refractivity contribution in [2.24, 2.45) is 0 Å². The van der Waals surface area contributed by atoms with Crippen LogP contribution in [-0.2, 0) is 12.6 Å².